The molecule has 0 heterocycles. The van der Waals surface area contributed by atoms with Crippen LogP contribution >= 0.6 is 0 Å². The van der Waals surface area contributed by atoms with Gasteiger partial charge < -0.3 is 9.47 Å². The van der Waals surface area contributed by atoms with Crippen LogP contribution in [-0.2, 0) is 19.6 Å². The quantitative estimate of drug-likeness (QED) is 0.412. The molecule has 162 valence electrons. The molecule has 11 heteroatoms. The van der Waals surface area contributed by atoms with E-state index in [0.717, 1.165) is 25.3 Å². The van der Waals surface area contributed by atoms with Gasteiger partial charge >= 0.3 is 18.1 Å². The molecule has 1 aromatic carbocycles. The molecule has 1 unspecified atom stereocenters. The summed E-state index contributed by atoms with van der Waals surface area (Å²) >= 11 is 0. The predicted molar refractivity (Wildman–Crippen MR) is 95.1 cm³/mol. The lowest BCUT2D eigenvalue weighted by atomic mass is 9.89. The summed E-state index contributed by atoms with van der Waals surface area (Å²) < 4.78 is 78.9. The smallest absolute Gasteiger partial charge is 0.426 e. The van der Waals surface area contributed by atoms with Crippen LogP contribution in [0.25, 0.3) is 0 Å². The molecule has 0 aliphatic heterocycles. The Morgan fingerprint density at radius 2 is 1.83 bits per heavy atom. The minimum atomic E-state index is -5.23. The minimum absolute atomic E-state index is 0.265. The number of carbonyl (C=O) groups is 2. The number of rotatable bonds is 6. The lowest BCUT2D eigenvalue weighted by Gasteiger charge is -2.22. The van der Waals surface area contributed by atoms with E-state index in [1.807, 2.05) is 0 Å². The van der Waals surface area contributed by atoms with Crippen LogP contribution in [0.2, 0.25) is 0 Å². The molecule has 1 fully saturated rings. The molecule has 0 aromatic heterocycles. The lowest BCUT2D eigenvalue weighted by Crippen LogP contribution is -2.39. The first kappa shape index (κ1) is 23.1. The van der Waals surface area contributed by atoms with Gasteiger partial charge in [0.2, 0.25) is 6.10 Å². The highest BCUT2D eigenvalue weighted by molar-refractivity contribution is 7.85. The molecule has 1 atom stereocenters. The van der Waals surface area contributed by atoms with Crippen LogP contribution in [0.3, 0.4) is 0 Å². The van der Waals surface area contributed by atoms with Crippen LogP contribution in [0.1, 0.15) is 48.0 Å². The molecule has 7 nitrogen and oxygen atoms in total. The van der Waals surface area contributed by atoms with E-state index in [9.17, 15) is 31.2 Å². The Labute approximate surface area is 165 Å². The number of esters is 2. The van der Waals surface area contributed by atoms with Gasteiger partial charge in [-0.3, -0.25) is 9.35 Å². The topological polar surface area (TPSA) is 107 Å². The van der Waals surface area contributed by atoms with Gasteiger partial charge in [-0.2, -0.15) is 21.6 Å². The fourth-order valence-electron chi connectivity index (χ4n) is 2.99. The second-order valence-corrected chi connectivity index (χ2v) is 8.44. The van der Waals surface area contributed by atoms with Crippen molar-refractivity contribution in [2.75, 3.05) is 5.75 Å². The van der Waals surface area contributed by atoms with Crippen molar-refractivity contribution in [3.8, 4) is 5.75 Å². The molecule has 1 N–H and O–H groups in total. The molecule has 1 aromatic rings. The Kier molecular flexibility index (Phi) is 7.28. The maximum Gasteiger partial charge on any atom is 0.426 e. The molecule has 2 rings (SSSR count). The first-order valence-corrected chi connectivity index (χ1v) is 10.5. The molecule has 0 spiro atoms. The van der Waals surface area contributed by atoms with Gasteiger partial charge in [0.15, 0.2) is 0 Å². The number of aryl methyl sites for hydroxylation is 1. The van der Waals surface area contributed by atoms with Crippen LogP contribution in [-0.4, -0.2) is 42.9 Å². The minimum Gasteiger partial charge on any atom is -0.448 e. The number of hydrogen-bond acceptors (Lipinski definition) is 6. The van der Waals surface area contributed by atoms with Crippen molar-refractivity contribution < 1.29 is 45.2 Å². The van der Waals surface area contributed by atoms with Crippen LogP contribution < -0.4 is 4.74 Å². The molecule has 1 aliphatic rings. The molecule has 1 aliphatic carbocycles. The van der Waals surface area contributed by atoms with Crippen LogP contribution in [0.5, 0.6) is 5.75 Å². The van der Waals surface area contributed by atoms with Gasteiger partial charge in [0, 0.05) is 0 Å². The Morgan fingerprint density at radius 1 is 1.21 bits per heavy atom. The average Bonchev–Trinajstić information content (AvgIpc) is 2.60. The third kappa shape index (κ3) is 7.00. The van der Waals surface area contributed by atoms with Gasteiger partial charge in [-0.15, -0.1) is 0 Å². The molecular weight excluding hydrogens is 417 g/mol. The second kappa shape index (κ2) is 9.12. The molecule has 0 radical (unpaired) electrons. The highest BCUT2D eigenvalue weighted by Crippen LogP contribution is 2.30. The van der Waals surface area contributed by atoms with Crippen molar-refractivity contribution in [2.45, 2.75) is 51.3 Å². The highest BCUT2D eigenvalue weighted by Gasteiger charge is 2.46. The SMILES string of the molecule is Cc1ccc(C(=O)OC(CS(=O)(=O)O)C(F)(F)F)c(OC(=O)C2CCCCC2)c1. The maximum absolute atomic E-state index is 13.0. The number of ether oxygens (including phenoxy) is 2. The number of hydrogen-bond donors (Lipinski definition) is 1. The predicted octanol–water partition coefficient (Wildman–Crippen LogP) is 3.46. The largest absolute Gasteiger partial charge is 0.448 e. The number of halogens is 3. The van der Waals surface area contributed by atoms with Gasteiger partial charge in [0.1, 0.15) is 17.1 Å². The third-order valence-electron chi connectivity index (χ3n) is 4.48. The van der Waals surface area contributed by atoms with Crippen LogP contribution in [0, 0.1) is 12.8 Å². The summed E-state index contributed by atoms with van der Waals surface area (Å²) in [6.45, 7) is 1.63. The van der Waals surface area contributed by atoms with Crippen molar-refractivity contribution in [1.82, 2.24) is 0 Å². The summed E-state index contributed by atoms with van der Waals surface area (Å²) in [5.41, 5.74) is 0.127. The van der Waals surface area contributed by atoms with E-state index in [1.54, 1.807) is 6.92 Å². The fraction of sp³-hybridized carbons (Fsp3) is 0.556. The third-order valence-corrected chi connectivity index (χ3v) is 5.21. The van der Waals surface area contributed by atoms with Crippen molar-refractivity contribution in [1.29, 1.82) is 0 Å². The maximum atomic E-state index is 13.0. The van der Waals surface area contributed by atoms with Crippen LogP contribution in [0.4, 0.5) is 13.2 Å². The molecule has 0 saturated heterocycles. The number of benzene rings is 1. The van der Waals surface area contributed by atoms with Gasteiger partial charge in [-0.1, -0.05) is 25.3 Å². The number of carbonyl (C=O) groups excluding carboxylic acids is 2. The van der Waals surface area contributed by atoms with E-state index in [1.165, 1.54) is 12.1 Å². The van der Waals surface area contributed by atoms with Crippen molar-refractivity contribution in [3.63, 3.8) is 0 Å². The van der Waals surface area contributed by atoms with Gasteiger partial charge in [0.05, 0.1) is 5.92 Å². The van der Waals surface area contributed by atoms with Crippen molar-refractivity contribution >= 4 is 22.1 Å². The zero-order chi connectivity index (χ0) is 21.8. The van der Waals surface area contributed by atoms with Crippen molar-refractivity contribution in [2.24, 2.45) is 5.92 Å². The van der Waals surface area contributed by atoms with E-state index in [4.69, 9.17) is 9.29 Å². The van der Waals surface area contributed by atoms with Gasteiger partial charge in [0.25, 0.3) is 10.1 Å². The summed E-state index contributed by atoms with van der Waals surface area (Å²) in [5.74, 6) is -4.59. The first-order chi connectivity index (χ1) is 13.4. The van der Waals surface area contributed by atoms with E-state index < -0.39 is 45.7 Å². The Bertz CT molecular complexity index is 859. The van der Waals surface area contributed by atoms with Crippen LogP contribution in [0.15, 0.2) is 18.2 Å². The summed E-state index contributed by atoms with van der Waals surface area (Å²) in [6.07, 6.45) is -4.36. The normalized spacial score (nSPS) is 16.9. The molecule has 29 heavy (non-hydrogen) atoms. The Hall–Kier alpha value is -2.14. The summed E-state index contributed by atoms with van der Waals surface area (Å²) in [7, 11) is -5.07. The van der Waals surface area contributed by atoms with Gasteiger partial charge in [-0.05, 0) is 37.5 Å². The monoisotopic (exact) mass is 438 g/mol. The molecule has 0 amide bonds. The zero-order valence-electron chi connectivity index (χ0n) is 15.6. The summed E-state index contributed by atoms with van der Waals surface area (Å²) in [5, 5.41) is 0. The second-order valence-electron chi connectivity index (χ2n) is 6.94. The standard InChI is InChI=1S/C18H21F3O7S/c1-11-7-8-13(14(9-11)27-16(22)12-5-3-2-4-6-12)17(23)28-15(18(19,20)21)10-29(24,25)26/h7-9,12,15H,2-6,10H2,1H3,(H,24,25,26). The summed E-state index contributed by atoms with van der Waals surface area (Å²) in [6, 6.07) is 3.84. The van der Waals surface area contributed by atoms with E-state index in [0.29, 0.717) is 18.4 Å². The molecule has 0 bridgehead atoms. The lowest BCUT2D eigenvalue weighted by molar-refractivity contribution is -0.197. The van der Waals surface area contributed by atoms with Crippen molar-refractivity contribution in [3.05, 3.63) is 29.3 Å². The van der Waals surface area contributed by atoms with Gasteiger partial charge in [-0.25, -0.2) is 4.79 Å². The molecule has 1 saturated carbocycles. The Morgan fingerprint density at radius 3 is 2.38 bits per heavy atom. The first-order valence-electron chi connectivity index (χ1n) is 8.92. The van der Waals surface area contributed by atoms with E-state index in [2.05, 4.69) is 4.74 Å². The fourth-order valence-corrected chi connectivity index (χ4v) is 3.63. The van der Waals surface area contributed by atoms with E-state index >= 15 is 0 Å². The highest BCUT2D eigenvalue weighted by atomic mass is 32.2. The number of alkyl halides is 3. The zero-order valence-corrected chi connectivity index (χ0v) is 16.4. The summed E-state index contributed by atoms with van der Waals surface area (Å²) in [4.78, 5) is 24.6. The van der Waals surface area contributed by atoms with E-state index in [-0.39, 0.29) is 11.7 Å². The average molecular weight is 438 g/mol. The molecular formula is C18H21F3O7S. The Balaban J connectivity index is 2.24.